The van der Waals surface area contributed by atoms with E-state index >= 15 is 0 Å². The Hall–Kier alpha value is -0.890. The molecule has 0 bridgehead atoms. The van der Waals surface area contributed by atoms with Crippen LogP contribution in [0.15, 0.2) is 59.5 Å². The second-order valence-electron chi connectivity index (χ2n) is 5.35. The summed E-state index contributed by atoms with van der Waals surface area (Å²) in [5, 5.41) is 1.44. The van der Waals surface area contributed by atoms with Gasteiger partial charge in [-0.05, 0) is 43.7 Å². The van der Waals surface area contributed by atoms with E-state index in [9.17, 15) is 8.42 Å². The molecule has 0 radical (unpaired) electrons. The molecular weight excluding hydrogens is 335 g/mol. The number of rotatable bonds is 6. The van der Waals surface area contributed by atoms with Gasteiger partial charge in [-0.25, -0.2) is 8.42 Å². The number of hydrogen-bond acceptors (Lipinski definition) is 2. The van der Waals surface area contributed by atoms with Crippen LogP contribution in [0.5, 0.6) is 0 Å². The summed E-state index contributed by atoms with van der Waals surface area (Å²) in [5.74, 6) is 0. The molecule has 2 aromatic carbocycles. The van der Waals surface area contributed by atoms with Gasteiger partial charge in [-0.2, -0.15) is 0 Å². The third-order valence-corrected chi connectivity index (χ3v) is 10.4. The predicted octanol–water partition coefficient (Wildman–Crippen LogP) is 4.50. The molecule has 0 N–H and O–H groups in total. The molecule has 0 atom stereocenters. The van der Waals surface area contributed by atoms with Crippen LogP contribution in [0, 0.1) is 0 Å². The molecular formula is C17H21ClO2PS+. The molecule has 0 aliphatic rings. The first-order valence-electron chi connectivity index (χ1n) is 7.36. The summed E-state index contributed by atoms with van der Waals surface area (Å²) in [4.78, 5) is 0.162. The monoisotopic (exact) mass is 355 g/mol. The lowest BCUT2D eigenvalue weighted by Crippen LogP contribution is -2.17. The molecule has 0 spiro atoms. The van der Waals surface area contributed by atoms with Gasteiger partial charge in [0, 0.05) is 10.7 Å². The van der Waals surface area contributed by atoms with Crippen LogP contribution in [0.3, 0.4) is 0 Å². The van der Waals surface area contributed by atoms with E-state index in [0.29, 0.717) is 0 Å². The highest BCUT2D eigenvalue weighted by molar-refractivity contribution is 8.13. The molecule has 0 unspecified atom stereocenters. The molecule has 2 rings (SSSR count). The van der Waals surface area contributed by atoms with Crippen LogP contribution in [-0.4, -0.2) is 20.7 Å². The molecule has 0 saturated carbocycles. The van der Waals surface area contributed by atoms with Gasteiger partial charge in [0.2, 0.25) is 0 Å². The highest BCUT2D eigenvalue weighted by Crippen LogP contribution is 2.59. The van der Waals surface area contributed by atoms with Gasteiger partial charge >= 0.3 is 0 Å². The lowest BCUT2D eigenvalue weighted by Gasteiger charge is -2.25. The first kappa shape index (κ1) is 17.5. The van der Waals surface area contributed by atoms with Crippen LogP contribution in [0.2, 0.25) is 0 Å². The van der Waals surface area contributed by atoms with Crippen molar-refractivity contribution >= 4 is 32.3 Å². The standard InChI is InChI=1S/C17H21ClO2PS/c1-3-21(4-2,16-8-6-5-7-9-16)14-15-10-12-17(13-11-15)22(18,19)20/h5-13H,3-4,14H2,1-2H3/q+1. The second kappa shape index (κ2) is 7.12. The van der Waals surface area contributed by atoms with E-state index in [1.54, 1.807) is 12.1 Å². The molecule has 2 aromatic rings. The lowest BCUT2D eigenvalue weighted by atomic mass is 10.2. The van der Waals surface area contributed by atoms with Gasteiger partial charge in [0.15, 0.2) is 0 Å². The number of benzene rings is 2. The summed E-state index contributed by atoms with van der Waals surface area (Å²) in [7, 11) is 0.458. The first-order valence-corrected chi connectivity index (χ1v) is 12.0. The zero-order valence-electron chi connectivity index (χ0n) is 12.9. The van der Waals surface area contributed by atoms with Crippen molar-refractivity contribution in [2.24, 2.45) is 0 Å². The van der Waals surface area contributed by atoms with E-state index in [4.69, 9.17) is 10.7 Å². The molecule has 22 heavy (non-hydrogen) atoms. The fourth-order valence-corrected chi connectivity index (χ4v) is 7.05. The van der Waals surface area contributed by atoms with Crippen molar-refractivity contribution < 1.29 is 8.42 Å². The van der Waals surface area contributed by atoms with Crippen LogP contribution < -0.4 is 5.30 Å². The van der Waals surface area contributed by atoms with Crippen LogP contribution in [0.25, 0.3) is 0 Å². The average molecular weight is 356 g/mol. The molecule has 0 amide bonds. The van der Waals surface area contributed by atoms with Crippen molar-refractivity contribution in [1.82, 2.24) is 0 Å². The summed E-state index contributed by atoms with van der Waals surface area (Å²) in [5.41, 5.74) is 1.17. The molecule has 0 fully saturated rings. The molecule has 5 heteroatoms. The Bertz CT molecular complexity index is 708. The van der Waals surface area contributed by atoms with E-state index in [-0.39, 0.29) is 4.90 Å². The average Bonchev–Trinajstić information content (AvgIpc) is 2.53. The summed E-state index contributed by atoms with van der Waals surface area (Å²) in [6.45, 7) is 4.50. The minimum Gasteiger partial charge on any atom is -0.207 e. The van der Waals surface area contributed by atoms with Crippen molar-refractivity contribution in [3.8, 4) is 0 Å². The Kier molecular flexibility index (Phi) is 5.65. The third-order valence-electron chi connectivity index (χ3n) is 4.20. The molecule has 0 aromatic heterocycles. The van der Waals surface area contributed by atoms with Crippen molar-refractivity contribution in [1.29, 1.82) is 0 Å². The highest BCUT2D eigenvalue weighted by Gasteiger charge is 2.36. The molecule has 0 aliphatic carbocycles. The van der Waals surface area contributed by atoms with Gasteiger partial charge in [-0.3, -0.25) is 0 Å². The molecule has 2 nitrogen and oxygen atoms in total. The SMILES string of the molecule is CC[P+](CC)(Cc1ccc(S(=O)(=O)Cl)cc1)c1ccccc1. The van der Waals surface area contributed by atoms with Crippen molar-refractivity contribution in [3.05, 3.63) is 60.2 Å². The summed E-state index contributed by atoms with van der Waals surface area (Å²) in [6.07, 6.45) is 3.28. The maximum atomic E-state index is 11.3. The zero-order valence-corrected chi connectivity index (χ0v) is 15.3. The van der Waals surface area contributed by atoms with Gasteiger partial charge in [-0.15, -0.1) is 0 Å². The van der Waals surface area contributed by atoms with Crippen molar-refractivity contribution in [2.45, 2.75) is 24.9 Å². The maximum Gasteiger partial charge on any atom is 0.261 e. The molecule has 0 aliphatic heterocycles. The van der Waals surface area contributed by atoms with E-state index < -0.39 is 16.3 Å². The van der Waals surface area contributed by atoms with Crippen LogP contribution in [0.4, 0.5) is 0 Å². The van der Waals surface area contributed by atoms with Gasteiger partial charge < -0.3 is 0 Å². The second-order valence-corrected chi connectivity index (χ2v) is 12.3. The predicted molar refractivity (Wildman–Crippen MR) is 97.3 cm³/mol. The third kappa shape index (κ3) is 3.90. The molecule has 0 saturated heterocycles. The van der Waals surface area contributed by atoms with Crippen molar-refractivity contribution in [3.63, 3.8) is 0 Å². The minimum absolute atomic E-state index is 0.162. The zero-order chi connectivity index (χ0) is 16.2. The normalized spacial score (nSPS) is 12.3. The van der Waals surface area contributed by atoms with Gasteiger partial charge in [0.25, 0.3) is 9.05 Å². The Labute approximate surface area is 138 Å². The summed E-state index contributed by atoms with van der Waals surface area (Å²) < 4.78 is 22.7. The fourth-order valence-electron chi connectivity index (χ4n) is 2.75. The Morgan fingerprint density at radius 2 is 1.45 bits per heavy atom. The van der Waals surface area contributed by atoms with E-state index in [1.807, 2.05) is 18.2 Å². The van der Waals surface area contributed by atoms with E-state index in [2.05, 4.69) is 38.1 Å². The van der Waals surface area contributed by atoms with Gasteiger partial charge in [0.1, 0.15) is 0 Å². The Balaban J connectivity index is 2.33. The quantitative estimate of drug-likeness (QED) is 0.565. The molecule has 0 heterocycles. The Morgan fingerprint density at radius 3 is 1.91 bits per heavy atom. The fraction of sp³-hybridized carbons (Fsp3) is 0.294. The smallest absolute Gasteiger partial charge is 0.207 e. The largest absolute Gasteiger partial charge is 0.261 e. The van der Waals surface area contributed by atoms with E-state index in [0.717, 1.165) is 18.5 Å². The maximum absolute atomic E-state index is 11.3. The lowest BCUT2D eigenvalue weighted by molar-refractivity contribution is 0.609. The van der Waals surface area contributed by atoms with Gasteiger partial charge in [-0.1, -0.05) is 30.3 Å². The topological polar surface area (TPSA) is 34.1 Å². The van der Waals surface area contributed by atoms with Gasteiger partial charge in [0.05, 0.1) is 35.9 Å². The van der Waals surface area contributed by atoms with Crippen LogP contribution >= 0.6 is 17.9 Å². The van der Waals surface area contributed by atoms with Crippen LogP contribution in [-0.2, 0) is 15.2 Å². The summed E-state index contributed by atoms with van der Waals surface area (Å²) in [6, 6.07) is 17.7. The van der Waals surface area contributed by atoms with Crippen LogP contribution in [0.1, 0.15) is 19.4 Å². The van der Waals surface area contributed by atoms with E-state index in [1.165, 1.54) is 10.9 Å². The molecule has 118 valence electrons. The Morgan fingerprint density at radius 1 is 0.909 bits per heavy atom. The first-order chi connectivity index (χ1) is 10.4. The summed E-state index contributed by atoms with van der Waals surface area (Å²) >= 11 is 0. The minimum atomic E-state index is -3.65. The number of hydrogen-bond donors (Lipinski definition) is 0. The number of halogens is 1. The van der Waals surface area contributed by atoms with Crippen molar-refractivity contribution in [2.75, 3.05) is 12.3 Å². The highest BCUT2D eigenvalue weighted by atomic mass is 35.7.